The summed E-state index contributed by atoms with van der Waals surface area (Å²) in [7, 11) is 2.69. The van der Waals surface area contributed by atoms with Crippen LogP contribution in [-0.2, 0) is 0 Å². The van der Waals surface area contributed by atoms with Crippen LogP contribution >= 0.6 is 19.9 Å². The Morgan fingerprint density at radius 3 is 2.33 bits per heavy atom. The lowest BCUT2D eigenvalue weighted by Crippen LogP contribution is -2.18. The van der Waals surface area contributed by atoms with Crippen molar-refractivity contribution in [3.05, 3.63) is 34.2 Å². The van der Waals surface area contributed by atoms with Crippen LogP contribution < -0.4 is 0 Å². The highest BCUT2D eigenvalue weighted by atomic mass is 35.7. The van der Waals surface area contributed by atoms with Crippen molar-refractivity contribution in [2.75, 3.05) is 0 Å². The second-order valence-electron chi connectivity index (χ2n) is 4.67. The summed E-state index contributed by atoms with van der Waals surface area (Å²) in [4.78, 5) is 0.543. The van der Waals surface area contributed by atoms with E-state index in [1.54, 1.807) is 26.0 Å². The number of allylic oxidation sites excluding steroid dienone is 1. The van der Waals surface area contributed by atoms with Crippen molar-refractivity contribution in [2.24, 2.45) is 5.92 Å². The maximum atomic E-state index is 13.4. The van der Waals surface area contributed by atoms with E-state index in [1.807, 2.05) is 13.0 Å². The predicted octanol–water partition coefficient (Wildman–Crippen LogP) is 5.84. The number of hydrogen-bond acceptors (Lipinski definition) is 0. The Morgan fingerprint density at radius 2 is 1.83 bits per heavy atom. The highest BCUT2D eigenvalue weighted by Crippen LogP contribution is 2.80. The van der Waals surface area contributed by atoms with Crippen LogP contribution in [0, 0.1) is 12.8 Å². The van der Waals surface area contributed by atoms with Crippen LogP contribution in [0.3, 0.4) is 0 Å². The van der Waals surface area contributed by atoms with Gasteiger partial charge in [0.15, 0.2) is 0 Å². The molecule has 0 spiro atoms. The smallest absolute Gasteiger partial charge is 0.160 e. The standard InChI is InChI=1S/C13H14ClF3S/c1-8(2)12-7-10-9(3)5-4-6-11(10)18(12,14)13(15,16)17/h4-8H,1-3H3. The highest BCUT2D eigenvalue weighted by molar-refractivity contribution is 8.54. The lowest BCUT2D eigenvalue weighted by molar-refractivity contribution is -0.0360. The van der Waals surface area contributed by atoms with Gasteiger partial charge in [-0.15, -0.1) is 0 Å². The Bertz CT molecular complexity index is 519. The molecule has 0 saturated heterocycles. The zero-order chi connectivity index (χ0) is 13.7. The molecular formula is C13H14ClF3S. The Morgan fingerprint density at radius 1 is 1.22 bits per heavy atom. The van der Waals surface area contributed by atoms with Crippen molar-refractivity contribution in [1.82, 2.24) is 0 Å². The van der Waals surface area contributed by atoms with E-state index in [1.165, 1.54) is 6.07 Å². The second kappa shape index (κ2) is 4.20. The summed E-state index contributed by atoms with van der Waals surface area (Å²) >= 11 is 0. The van der Waals surface area contributed by atoms with E-state index in [-0.39, 0.29) is 10.8 Å². The van der Waals surface area contributed by atoms with Crippen molar-refractivity contribution in [3.63, 3.8) is 0 Å². The van der Waals surface area contributed by atoms with Crippen LogP contribution in [0.2, 0.25) is 0 Å². The van der Waals surface area contributed by atoms with E-state index in [4.69, 9.17) is 10.7 Å². The zero-order valence-electron chi connectivity index (χ0n) is 10.3. The molecule has 0 N–H and O–H groups in total. The molecule has 100 valence electrons. The van der Waals surface area contributed by atoms with Gasteiger partial charge in [-0.25, -0.2) is 0 Å². The van der Waals surface area contributed by atoms with Gasteiger partial charge in [-0.05, 0) is 60.9 Å². The van der Waals surface area contributed by atoms with E-state index in [2.05, 4.69) is 0 Å². The molecule has 0 fully saturated rings. The molecule has 1 aliphatic heterocycles. The largest absolute Gasteiger partial charge is 0.445 e. The fourth-order valence-electron chi connectivity index (χ4n) is 2.18. The van der Waals surface area contributed by atoms with E-state index < -0.39 is 14.7 Å². The van der Waals surface area contributed by atoms with Gasteiger partial charge in [0.1, 0.15) is 0 Å². The molecule has 1 atom stereocenters. The van der Waals surface area contributed by atoms with Crippen molar-refractivity contribution in [3.8, 4) is 0 Å². The molecule has 1 heterocycles. The second-order valence-corrected chi connectivity index (χ2v) is 8.51. The number of halogens is 4. The summed E-state index contributed by atoms with van der Waals surface area (Å²) in [5.74, 6) is -0.217. The third-order valence-electron chi connectivity index (χ3n) is 3.09. The molecule has 2 rings (SSSR count). The average molecular weight is 295 g/mol. The molecule has 0 aliphatic carbocycles. The average Bonchev–Trinajstić information content (AvgIpc) is 2.55. The van der Waals surface area contributed by atoms with Crippen LogP contribution in [0.15, 0.2) is 28.0 Å². The summed E-state index contributed by atoms with van der Waals surface area (Å²) in [5, 5.41) is 0. The molecule has 1 aromatic carbocycles. The lowest BCUT2D eigenvalue weighted by atomic mass is 10.1. The molecule has 0 saturated carbocycles. The van der Waals surface area contributed by atoms with Gasteiger partial charge in [-0.1, -0.05) is 26.0 Å². The van der Waals surface area contributed by atoms with Crippen molar-refractivity contribution in [1.29, 1.82) is 0 Å². The number of benzene rings is 1. The molecule has 5 heteroatoms. The molecule has 1 aliphatic rings. The minimum absolute atomic E-state index is 0.217. The van der Waals surface area contributed by atoms with Gasteiger partial charge in [-0.2, -0.15) is 13.2 Å². The van der Waals surface area contributed by atoms with Gasteiger partial charge in [0.2, 0.25) is 0 Å². The predicted molar refractivity (Wildman–Crippen MR) is 71.8 cm³/mol. The number of alkyl halides is 3. The zero-order valence-corrected chi connectivity index (χ0v) is 11.9. The monoisotopic (exact) mass is 294 g/mol. The minimum atomic E-state index is -4.41. The van der Waals surface area contributed by atoms with E-state index >= 15 is 0 Å². The van der Waals surface area contributed by atoms with E-state index in [9.17, 15) is 13.2 Å². The number of rotatable bonds is 1. The fraction of sp³-hybridized carbons (Fsp3) is 0.385. The van der Waals surface area contributed by atoms with Crippen molar-refractivity contribution < 1.29 is 13.2 Å². The van der Waals surface area contributed by atoms with Crippen molar-refractivity contribution >= 4 is 26.0 Å². The number of aryl methyl sites for hydroxylation is 1. The molecule has 0 amide bonds. The topological polar surface area (TPSA) is 0 Å². The van der Waals surface area contributed by atoms with Gasteiger partial charge in [0.05, 0.1) is 0 Å². The molecule has 0 bridgehead atoms. The fourth-order valence-corrected chi connectivity index (χ4v) is 5.75. The first-order valence-electron chi connectivity index (χ1n) is 5.60. The van der Waals surface area contributed by atoms with Gasteiger partial charge in [-0.3, -0.25) is 0 Å². The maximum Gasteiger partial charge on any atom is 0.445 e. The van der Waals surface area contributed by atoms with E-state index in [0.717, 1.165) is 5.56 Å². The lowest BCUT2D eigenvalue weighted by Gasteiger charge is -2.36. The highest BCUT2D eigenvalue weighted by Gasteiger charge is 2.56. The first-order valence-corrected chi connectivity index (χ1v) is 8.06. The minimum Gasteiger partial charge on any atom is -0.160 e. The normalized spacial score (nSPS) is 26.8. The third kappa shape index (κ3) is 1.77. The van der Waals surface area contributed by atoms with E-state index in [0.29, 0.717) is 10.5 Å². The molecule has 0 radical (unpaired) electrons. The molecular weight excluding hydrogens is 281 g/mol. The Hall–Kier alpha value is -0.610. The van der Waals surface area contributed by atoms with Crippen LogP contribution in [-0.4, -0.2) is 5.51 Å². The van der Waals surface area contributed by atoms with Gasteiger partial charge in [0.25, 0.3) is 0 Å². The molecule has 0 aromatic heterocycles. The summed E-state index contributed by atoms with van der Waals surface area (Å²) in [5.41, 5.74) is -2.93. The van der Waals surface area contributed by atoms with Gasteiger partial charge >= 0.3 is 5.51 Å². The van der Waals surface area contributed by atoms with Gasteiger partial charge in [0, 0.05) is 4.90 Å². The SMILES string of the molecule is Cc1cccc2c1C=C(C(C)C)S2(Cl)C(F)(F)F. The molecule has 0 nitrogen and oxygen atoms in total. The Balaban J connectivity index is 2.74. The Labute approximate surface area is 111 Å². The quantitative estimate of drug-likeness (QED) is 0.610. The van der Waals surface area contributed by atoms with Gasteiger partial charge < -0.3 is 0 Å². The van der Waals surface area contributed by atoms with Crippen molar-refractivity contribution in [2.45, 2.75) is 31.2 Å². The van der Waals surface area contributed by atoms with Crippen LogP contribution in [0.4, 0.5) is 13.2 Å². The molecule has 1 unspecified atom stereocenters. The summed E-state index contributed by atoms with van der Waals surface area (Å²) in [6.45, 7) is 5.32. The summed E-state index contributed by atoms with van der Waals surface area (Å²) < 4.78 is 40.3. The number of fused-ring (bicyclic) bond motifs is 1. The maximum absolute atomic E-state index is 13.4. The molecule has 1 aromatic rings. The van der Waals surface area contributed by atoms with Crippen LogP contribution in [0.1, 0.15) is 25.0 Å². The first-order chi connectivity index (χ1) is 8.19. The Kier molecular flexibility index (Phi) is 3.23. The summed E-state index contributed by atoms with van der Waals surface area (Å²) in [6, 6.07) is 4.96. The van der Waals surface area contributed by atoms with Crippen LogP contribution in [0.25, 0.3) is 6.08 Å². The molecule has 18 heavy (non-hydrogen) atoms. The first kappa shape index (κ1) is 13.8. The third-order valence-corrected chi connectivity index (χ3v) is 7.48. The van der Waals surface area contributed by atoms with Crippen LogP contribution in [0.5, 0.6) is 0 Å². The number of hydrogen-bond donors (Lipinski definition) is 0. The summed E-state index contributed by atoms with van der Waals surface area (Å²) in [6.07, 6.45) is 1.63.